The molecule has 0 atom stereocenters. The van der Waals surface area contributed by atoms with Crippen LogP contribution in [0.15, 0.2) is 40.5 Å². The Balaban J connectivity index is 2.28. The Bertz CT molecular complexity index is 360. The van der Waals surface area contributed by atoms with E-state index < -0.39 is 0 Å². The fraction of sp³-hybridized carbons (Fsp3) is 0. The van der Waals surface area contributed by atoms with E-state index in [-0.39, 0.29) is 5.11 Å². The van der Waals surface area contributed by atoms with Crippen LogP contribution in [0.25, 0.3) is 0 Å². The first-order chi connectivity index (χ1) is 7.29. The number of thiocarbonyl (C=S) groups is 1. The van der Waals surface area contributed by atoms with Gasteiger partial charge in [-0.05, 0) is 24.4 Å². The molecule has 0 aliphatic rings. The summed E-state index contributed by atoms with van der Waals surface area (Å²) in [5.41, 5.74) is 11.3. The van der Waals surface area contributed by atoms with Gasteiger partial charge in [0.1, 0.15) is 0 Å². The molecule has 15 heavy (non-hydrogen) atoms. The van der Waals surface area contributed by atoms with Gasteiger partial charge in [-0.2, -0.15) is 10.2 Å². The monoisotopic (exact) mass is 221 g/mol. The highest BCUT2D eigenvalue weighted by atomic mass is 32.1. The van der Waals surface area contributed by atoms with E-state index in [0.717, 1.165) is 5.69 Å². The molecule has 0 aliphatic heterocycles. The van der Waals surface area contributed by atoms with Crippen molar-refractivity contribution in [2.75, 3.05) is 5.43 Å². The number of nitrogens with two attached hydrogens (primary N) is 1. The van der Waals surface area contributed by atoms with Gasteiger partial charge in [0.25, 0.3) is 0 Å². The summed E-state index contributed by atoms with van der Waals surface area (Å²) in [6, 6.07) is 9.58. The Hall–Kier alpha value is -1.95. The summed E-state index contributed by atoms with van der Waals surface area (Å²) in [4.78, 5) is 0. The second-order valence-electron chi connectivity index (χ2n) is 2.51. The number of hydrazone groups is 2. The van der Waals surface area contributed by atoms with Crippen molar-refractivity contribution in [3.05, 3.63) is 30.3 Å². The molecule has 0 radical (unpaired) electrons. The number of nitrogens with zero attached hydrogens (tertiary/aromatic N) is 2. The van der Waals surface area contributed by atoms with Crippen LogP contribution in [0.1, 0.15) is 0 Å². The van der Waals surface area contributed by atoms with Gasteiger partial charge >= 0.3 is 0 Å². The molecule has 6 heteroatoms. The summed E-state index contributed by atoms with van der Waals surface area (Å²) in [7, 11) is 0. The van der Waals surface area contributed by atoms with Crippen molar-refractivity contribution in [2.45, 2.75) is 0 Å². The average Bonchev–Trinajstić information content (AvgIpc) is 2.24. The van der Waals surface area contributed by atoms with E-state index in [2.05, 4.69) is 33.3 Å². The largest absolute Gasteiger partial charge is 0.375 e. The average molecular weight is 221 g/mol. The Labute approximate surface area is 93.1 Å². The van der Waals surface area contributed by atoms with E-state index in [1.165, 1.54) is 12.4 Å². The third kappa shape index (κ3) is 5.37. The lowest BCUT2D eigenvalue weighted by Gasteiger charge is -1.96. The Morgan fingerprint density at radius 2 is 1.87 bits per heavy atom. The summed E-state index contributed by atoms with van der Waals surface area (Å²) in [5, 5.41) is 7.68. The van der Waals surface area contributed by atoms with E-state index >= 15 is 0 Å². The van der Waals surface area contributed by atoms with E-state index in [4.69, 9.17) is 5.73 Å². The van der Waals surface area contributed by atoms with Gasteiger partial charge in [-0.25, -0.2) is 0 Å². The van der Waals surface area contributed by atoms with Crippen molar-refractivity contribution < 1.29 is 0 Å². The van der Waals surface area contributed by atoms with Crippen molar-refractivity contribution in [1.29, 1.82) is 0 Å². The topological polar surface area (TPSA) is 74.8 Å². The summed E-state index contributed by atoms with van der Waals surface area (Å²) < 4.78 is 0. The van der Waals surface area contributed by atoms with E-state index in [9.17, 15) is 0 Å². The number of benzene rings is 1. The smallest absolute Gasteiger partial charge is 0.184 e. The van der Waals surface area contributed by atoms with Crippen LogP contribution in [0.3, 0.4) is 0 Å². The van der Waals surface area contributed by atoms with E-state index in [0.29, 0.717) is 0 Å². The van der Waals surface area contributed by atoms with Crippen molar-refractivity contribution in [1.82, 2.24) is 5.43 Å². The van der Waals surface area contributed by atoms with Crippen LogP contribution in [0.5, 0.6) is 0 Å². The van der Waals surface area contributed by atoms with Gasteiger partial charge in [-0.3, -0.25) is 10.9 Å². The van der Waals surface area contributed by atoms with Crippen LogP contribution in [0.2, 0.25) is 0 Å². The molecule has 5 nitrogen and oxygen atoms in total. The first kappa shape index (κ1) is 11.1. The lowest BCUT2D eigenvalue weighted by molar-refractivity contribution is 1.05. The van der Waals surface area contributed by atoms with Crippen LogP contribution >= 0.6 is 12.2 Å². The molecule has 0 saturated heterocycles. The highest BCUT2D eigenvalue weighted by molar-refractivity contribution is 7.80. The van der Waals surface area contributed by atoms with Gasteiger partial charge in [0.05, 0.1) is 18.1 Å². The second kappa shape index (κ2) is 6.50. The van der Waals surface area contributed by atoms with Gasteiger partial charge in [0.15, 0.2) is 5.11 Å². The number of hydrogen-bond donors (Lipinski definition) is 3. The quantitative estimate of drug-likeness (QED) is 0.401. The number of nitrogens with one attached hydrogen (secondary N) is 2. The third-order valence-electron chi connectivity index (χ3n) is 1.36. The molecule has 1 aromatic rings. The molecule has 0 fully saturated rings. The van der Waals surface area contributed by atoms with Gasteiger partial charge in [0.2, 0.25) is 0 Å². The molecule has 4 N–H and O–H groups in total. The molecule has 0 aliphatic carbocycles. The number of rotatable bonds is 4. The predicted octanol–water partition coefficient (Wildman–Crippen LogP) is 0.903. The maximum atomic E-state index is 5.14. The van der Waals surface area contributed by atoms with Gasteiger partial charge in [-0.15, -0.1) is 0 Å². The summed E-state index contributed by atoms with van der Waals surface area (Å²) in [6.45, 7) is 0. The SMILES string of the molecule is NC(=S)N/N=C\C=N\Nc1ccccc1. The van der Waals surface area contributed by atoms with Crippen LogP contribution in [0, 0.1) is 0 Å². The van der Waals surface area contributed by atoms with Crippen LogP contribution in [0.4, 0.5) is 5.69 Å². The Morgan fingerprint density at radius 1 is 1.20 bits per heavy atom. The molecule has 0 spiro atoms. The fourth-order valence-electron chi connectivity index (χ4n) is 0.792. The maximum absolute atomic E-state index is 5.14. The molecule has 0 heterocycles. The fourth-order valence-corrected chi connectivity index (χ4v) is 0.845. The summed E-state index contributed by atoms with van der Waals surface area (Å²) in [6.07, 6.45) is 2.92. The zero-order valence-corrected chi connectivity index (χ0v) is 8.74. The summed E-state index contributed by atoms with van der Waals surface area (Å²) >= 11 is 4.54. The highest BCUT2D eigenvalue weighted by Crippen LogP contribution is 2.03. The Morgan fingerprint density at radius 3 is 2.53 bits per heavy atom. The molecular formula is C9H11N5S. The van der Waals surface area contributed by atoms with E-state index in [1.54, 1.807) is 0 Å². The highest BCUT2D eigenvalue weighted by Gasteiger charge is 1.82. The molecule has 0 saturated carbocycles. The molecule has 1 rings (SSSR count). The second-order valence-corrected chi connectivity index (χ2v) is 2.95. The zero-order valence-electron chi connectivity index (χ0n) is 7.92. The zero-order chi connectivity index (χ0) is 10.9. The molecule has 0 aromatic heterocycles. The van der Waals surface area contributed by atoms with E-state index in [1.807, 2.05) is 30.3 Å². The number of hydrogen-bond acceptors (Lipinski definition) is 4. The normalized spacial score (nSPS) is 10.7. The summed E-state index contributed by atoms with van der Waals surface area (Å²) in [5.74, 6) is 0. The maximum Gasteiger partial charge on any atom is 0.184 e. The number of anilines is 1. The van der Waals surface area contributed by atoms with Crippen molar-refractivity contribution in [3.63, 3.8) is 0 Å². The predicted molar refractivity (Wildman–Crippen MR) is 67.0 cm³/mol. The molecule has 0 amide bonds. The molecular weight excluding hydrogens is 210 g/mol. The Kier molecular flexibility index (Phi) is 4.82. The van der Waals surface area contributed by atoms with Crippen molar-refractivity contribution in [2.24, 2.45) is 15.9 Å². The van der Waals surface area contributed by atoms with Crippen molar-refractivity contribution >= 4 is 35.4 Å². The minimum Gasteiger partial charge on any atom is -0.375 e. The minimum absolute atomic E-state index is 0.121. The number of para-hydroxylation sites is 1. The molecule has 78 valence electrons. The first-order valence-electron chi connectivity index (χ1n) is 4.20. The van der Waals surface area contributed by atoms with Crippen LogP contribution < -0.4 is 16.6 Å². The third-order valence-corrected chi connectivity index (χ3v) is 1.45. The van der Waals surface area contributed by atoms with Gasteiger partial charge in [-0.1, -0.05) is 18.2 Å². The van der Waals surface area contributed by atoms with Gasteiger partial charge < -0.3 is 5.73 Å². The van der Waals surface area contributed by atoms with Crippen LogP contribution in [-0.2, 0) is 0 Å². The standard InChI is InChI=1S/C9H11N5S/c10-9(15)14-12-7-6-11-13-8-4-2-1-3-5-8/h1-7,13H,(H3,10,14,15)/b11-6+,12-7-. The lowest BCUT2D eigenvalue weighted by atomic mass is 10.3. The van der Waals surface area contributed by atoms with Gasteiger partial charge in [0, 0.05) is 0 Å². The van der Waals surface area contributed by atoms with Crippen molar-refractivity contribution in [3.8, 4) is 0 Å². The minimum atomic E-state index is 0.121. The van der Waals surface area contributed by atoms with Crippen LogP contribution in [-0.4, -0.2) is 17.5 Å². The molecule has 0 unspecified atom stereocenters. The molecule has 1 aromatic carbocycles. The lowest BCUT2D eigenvalue weighted by Crippen LogP contribution is -2.24. The molecule has 0 bridgehead atoms. The first-order valence-corrected chi connectivity index (χ1v) is 4.61.